The van der Waals surface area contributed by atoms with E-state index in [1.54, 1.807) is 6.07 Å². The zero-order valence-corrected chi connectivity index (χ0v) is 11.7. The van der Waals surface area contributed by atoms with E-state index in [4.69, 9.17) is 10.5 Å². The van der Waals surface area contributed by atoms with Crippen LogP contribution >= 0.6 is 0 Å². The molecule has 1 aromatic heterocycles. The predicted octanol–water partition coefficient (Wildman–Crippen LogP) is 1.71. The maximum absolute atomic E-state index is 13.1. The molecule has 3 rings (SSSR count). The van der Waals surface area contributed by atoms with Crippen molar-refractivity contribution in [3.63, 3.8) is 0 Å². The third-order valence-electron chi connectivity index (χ3n) is 5.17. The largest absolute Gasteiger partial charge is 0.383 e. The summed E-state index contributed by atoms with van der Waals surface area (Å²) < 4.78 is 19.0. The van der Waals surface area contributed by atoms with E-state index in [0.29, 0.717) is 18.7 Å². The maximum Gasteiger partial charge on any atom is 0.141 e. The van der Waals surface area contributed by atoms with E-state index < -0.39 is 16.8 Å². The van der Waals surface area contributed by atoms with Crippen LogP contribution in [0, 0.1) is 11.2 Å². The number of rotatable bonds is 4. The standard InChI is InChI=1S/C15H21FN2O2/c1-2-15(19,12-5-3-10(16)8-18-12)14(9-17)7-11-4-6-13(14)20-11/h3,5,8,11,13,19H,2,4,6-7,9,17H2,1H3. The second kappa shape index (κ2) is 4.76. The van der Waals surface area contributed by atoms with Gasteiger partial charge in [-0.1, -0.05) is 6.92 Å². The Bertz CT molecular complexity index is 495. The van der Waals surface area contributed by atoms with E-state index >= 15 is 0 Å². The first-order valence-corrected chi connectivity index (χ1v) is 7.25. The summed E-state index contributed by atoms with van der Waals surface area (Å²) in [6, 6.07) is 2.89. The Labute approximate surface area is 118 Å². The van der Waals surface area contributed by atoms with Crippen molar-refractivity contribution in [2.75, 3.05) is 6.54 Å². The van der Waals surface area contributed by atoms with E-state index in [-0.39, 0.29) is 12.2 Å². The molecule has 2 bridgehead atoms. The van der Waals surface area contributed by atoms with E-state index in [2.05, 4.69) is 4.98 Å². The van der Waals surface area contributed by atoms with Gasteiger partial charge < -0.3 is 15.6 Å². The number of aliphatic hydroxyl groups is 1. The van der Waals surface area contributed by atoms with E-state index in [0.717, 1.165) is 25.5 Å². The van der Waals surface area contributed by atoms with Crippen LogP contribution in [0.15, 0.2) is 18.3 Å². The van der Waals surface area contributed by atoms with Gasteiger partial charge in [0, 0.05) is 12.0 Å². The number of hydrogen-bond acceptors (Lipinski definition) is 4. The van der Waals surface area contributed by atoms with Crippen LogP contribution in [-0.2, 0) is 10.3 Å². The number of hydrogen-bond donors (Lipinski definition) is 2. The summed E-state index contributed by atoms with van der Waals surface area (Å²) in [5, 5.41) is 11.3. The van der Waals surface area contributed by atoms with Gasteiger partial charge >= 0.3 is 0 Å². The van der Waals surface area contributed by atoms with Gasteiger partial charge in [-0.05, 0) is 37.8 Å². The van der Waals surface area contributed by atoms with Crippen molar-refractivity contribution >= 4 is 0 Å². The molecule has 3 heterocycles. The van der Waals surface area contributed by atoms with E-state index in [1.165, 1.54) is 6.07 Å². The number of pyridine rings is 1. The lowest BCUT2D eigenvalue weighted by Gasteiger charge is -2.47. The average molecular weight is 280 g/mol. The number of nitrogens with zero attached hydrogens (tertiary/aromatic N) is 1. The molecule has 2 saturated heterocycles. The highest BCUT2D eigenvalue weighted by Gasteiger charge is 2.62. The highest BCUT2D eigenvalue weighted by atomic mass is 19.1. The summed E-state index contributed by atoms with van der Waals surface area (Å²) in [5.41, 5.74) is 4.84. The average Bonchev–Trinajstić information content (AvgIpc) is 3.08. The minimum absolute atomic E-state index is 0.0331. The molecule has 20 heavy (non-hydrogen) atoms. The van der Waals surface area contributed by atoms with Crippen LogP contribution < -0.4 is 5.73 Å². The molecule has 5 heteroatoms. The van der Waals surface area contributed by atoms with Crippen LogP contribution in [-0.4, -0.2) is 28.8 Å². The number of nitrogens with two attached hydrogens (primary N) is 1. The Kier molecular flexibility index (Phi) is 3.31. The van der Waals surface area contributed by atoms with Gasteiger partial charge in [0.15, 0.2) is 0 Å². The first-order valence-electron chi connectivity index (χ1n) is 7.25. The monoisotopic (exact) mass is 280 g/mol. The molecule has 4 nitrogen and oxygen atoms in total. The second-order valence-electron chi connectivity index (χ2n) is 5.96. The SMILES string of the molecule is CCC(O)(c1ccc(F)cn1)C1(CN)CC2CCC1O2. The molecule has 4 atom stereocenters. The van der Waals surface area contributed by atoms with Crippen molar-refractivity contribution in [1.29, 1.82) is 0 Å². The summed E-state index contributed by atoms with van der Waals surface area (Å²) in [6.07, 6.45) is 4.48. The number of halogens is 1. The zero-order valence-electron chi connectivity index (χ0n) is 11.7. The van der Waals surface area contributed by atoms with Gasteiger partial charge in [-0.15, -0.1) is 0 Å². The normalized spacial score (nSPS) is 35.2. The smallest absolute Gasteiger partial charge is 0.141 e. The van der Waals surface area contributed by atoms with Crippen molar-refractivity contribution in [2.45, 2.75) is 50.4 Å². The molecule has 2 aliphatic rings. The molecular formula is C15H21FN2O2. The molecule has 1 aromatic rings. The Hall–Kier alpha value is -1.04. The van der Waals surface area contributed by atoms with Crippen LogP contribution in [0.5, 0.6) is 0 Å². The van der Waals surface area contributed by atoms with Gasteiger partial charge in [-0.2, -0.15) is 0 Å². The molecule has 0 spiro atoms. The topological polar surface area (TPSA) is 68.4 Å². The molecule has 0 saturated carbocycles. The summed E-state index contributed by atoms with van der Waals surface area (Å²) in [7, 11) is 0. The second-order valence-corrected chi connectivity index (χ2v) is 5.96. The number of aromatic nitrogens is 1. The summed E-state index contributed by atoms with van der Waals surface area (Å²) in [4.78, 5) is 4.11. The van der Waals surface area contributed by atoms with Gasteiger partial charge in [-0.25, -0.2) is 4.39 Å². The van der Waals surface area contributed by atoms with Crippen molar-refractivity contribution in [3.05, 3.63) is 29.8 Å². The molecule has 2 fully saturated rings. The minimum Gasteiger partial charge on any atom is -0.383 e. The lowest BCUT2D eigenvalue weighted by atomic mass is 9.60. The van der Waals surface area contributed by atoms with Crippen LogP contribution in [0.2, 0.25) is 0 Å². The summed E-state index contributed by atoms with van der Waals surface area (Å²) in [6.45, 7) is 2.26. The van der Waals surface area contributed by atoms with Crippen molar-refractivity contribution < 1.29 is 14.2 Å². The van der Waals surface area contributed by atoms with Crippen LogP contribution in [0.4, 0.5) is 4.39 Å². The molecule has 4 unspecified atom stereocenters. The van der Waals surface area contributed by atoms with Crippen molar-refractivity contribution in [2.24, 2.45) is 11.1 Å². The van der Waals surface area contributed by atoms with Crippen molar-refractivity contribution in [1.82, 2.24) is 4.98 Å². The summed E-state index contributed by atoms with van der Waals surface area (Å²) >= 11 is 0. The molecule has 0 radical (unpaired) electrons. The van der Waals surface area contributed by atoms with Gasteiger partial charge in [0.25, 0.3) is 0 Å². The maximum atomic E-state index is 13.1. The quantitative estimate of drug-likeness (QED) is 0.881. The lowest BCUT2D eigenvalue weighted by Crippen LogP contribution is -2.56. The zero-order chi connectivity index (χ0) is 14.4. The molecule has 2 aliphatic heterocycles. The third kappa shape index (κ3) is 1.73. The van der Waals surface area contributed by atoms with Crippen molar-refractivity contribution in [3.8, 4) is 0 Å². The molecule has 0 aromatic carbocycles. The fraction of sp³-hybridized carbons (Fsp3) is 0.667. The lowest BCUT2D eigenvalue weighted by molar-refractivity contribution is -0.123. The minimum atomic E-state index is -1.17. The molecule has 110 valence electrons. The highest BCUT2D eigenvalue weighted by molar-refractivity contribution is 5.23. The Morgan fingerprint density at radius 2 is 2.35 bits per heavy atom. The third-order valence-corrected chi connectivity index (χ3v) is 5.17. The predicted molar refractivity (Wildman–Crippen MR) is 72.4 cm³/mol. The summed E-state index contributed by atoms with van der Waals surface area (Å²) in [5.74, 6) is -0.404. The first kappa shape index (κ1) is 13.9. The molecule has 0 amide bonds. The van der Waals surface area contributed by atoms with Crippen LogP contribution in [0.1, 0.15) is 38.3 Å². The fourth-order valence-corrected chi connectivity index (χ4v) is 4.03. The van der Waals surface area contributed by atoms with Gasteiger partial charge in [0.2, 0.25) is 0 Å². The van der Waals surface area contributed by atoms with Gasteiger partial charge in [0.05, 0.1) is 24.1 Å². The van der Waals surface area contributed by atoms with Gasteiger partial charge in [-0.3, -0.25) is 4.98 Å². The number of fused-ring (bicyclic) bond motifs is 2. The highest BCUT2D eigenvalue weighted by Crippen LogP contribution is 2.57. The first-order chi connectivity index (χ1) is 9.55. The Balaban J connectivity index is 2.05. The Morgan fingerprint density at radius 1 is 1.55 bits per heavy atom. The molecular weight excluding hydrogens is 259 g/mol. The van der Waals surface area contributed by atoms with E-state index in [9.17, 15) is 9.50 Å². The Morgan fingerprint density at radius 3 is 2.80 bits per heavy atom. The van der Waals surface area contributed by atoms with Gasteiger partial charge in [0.1, 0.15) is 11.4 Å². The number of ether oxygens (including phenoxy) is 1. The van der Waals surface area contributed by atoms with Crippen LogP contribution in [0.25, 0.3) is 0 Å². The van der Waals surface area contributed by atoms with E-state index in [1.807, 2.05) is 6.92 Å². The molecule has 0 aliphatic carbocycles. The fourth-order valence-electron chi connectivity index (χ4n) is 4.03. The molecule has 3 N–H and O–H groups in total. The van der Waals surface area contributed by atoms with Crippen LogP contribution in [0.3, 0.4) is 0 Å².